The van der Waals surface area contributed by atoms with Crippen molar-refractivity contribution < 1.29 is 9.59 Å². The van der Waals surface area contributed by atoms with Crippen molar-refractivity contribution in [2.45, 2.75) is 25.3 Å². The van der Waals surface area contributed by atoms with Gasteiger partial charge in [-0.15, -0.1) is 0 Å². The molecule has 1 N–H and O–H groups in total. The summed E-state index contributed by atoms with van der Waals surface area (Å²) in [6.45, 7) is 0.666. The lowest BCUT2D eigenvalue weighted by molar-refractivity contribution is -0.131. The van der Waals surface area contributed by atoms with Crippen LogP contribution in [0.1, 0.15) is 19.3 Å². The lowest BCUT2D eigenvalue weighted by atomic mass is 10.0. The van der Waals surface area contributed by atoms with Crippen molar-refractivity contribution in [3.8, 4) is 0 Å². The minimum absolute atomic E-state index is 0.0999. The molecule has 2 amide bonds. The van der Waals surface area contributed by atoms with Gasteiger partial charge in [-0.1, -0.05) is 30.3 Å². The van der Waals surface area contributed by atoms with Gasteiger partial charge in [0.2, 0.25) is 12.3 Å². The number of carbonyl (C=O) groups excluding carboxylic acids is 2. The third kappa shape index (κ3) is 2.89. The number of benzene rings is 2. The number of nitrogens with zero attached hydrogens (tertiary/aromatic N) is 1. The second-order valence-electron chi connectivity index (χ2n) is 5.41. The predicted molar refractivity (Wildman–Crippen MR) is 83.0 cm³/mol. The quantitative estimate of drug-likeness (QED) is 0.880. The second kappa shape index (κ2) is 5.95. The molecule has 0 aromatic heterocycles. The van der Waals surface area contributed by atoms with Crippen LogP contribution in [0.5, 0.6) is 0 Å². The fourth-order valence-electron chi connectivity index (χ4n) is 2.85. The van der Waals surface area contributed by atoms with E-state index in [2.05, 4.69) is 5.32 Å². The van der Waals surface area contributed by atoms with Gasteiger partial charge in [-0.05, 0) is 42.2 Å². The first kappa shape index (κ1) is 13.6. The Morgan fingerprint density at radius 3 is 2.76 bits per heavy atom. The number of nitrogens with one attached hydrogen (secondary N) is 1. The van der Waals surface area contributed by atoms with Crippen LogP contribution in [0.15, 0.2) is 42.5 Å². The predicted octanol–water partition coefficient (Wildman–Crippen LogP) is 2.79. The highest BCUT2D eigenvalue weighted by Gasteiger charge is 2.27. The van der Waals surface area contributed by atoms with E-state index in [1.165, 1.54) is 0 Å². The van der Waals surface area contributed by atoms with E-state index >= 15 is 0 Å². The molecule has 0 aliphatic carbocycles. The Hall–Kier alpha value is -2.36. The Kier molecular flexibility index (Phi) is 3.86. The second-order valence-corrected chi connectivity index (χ2v) is 5.41. The molecule has 4 nitrogen and oxygen atoms in total. The van der Waals surface area contributed by atoms with E-state index in [0.717, 1.165) is 42.1 Å². The number of amides is 2. The molecule has 0 spiro atoms. The molecule has 4 heteroatoms. The molecule has 0 bridgehead atoms. The summed E-state index contributed by atoms with van der Waals surface area (Å²) in [5.74, 6) is -0.0999. The first-order chi connectivity index (χ1) is 10.3. The van der Waals surface area contributed by atoms with E-state index in [4.69, 9.17) is 0 Å². The molecule has 0 radical (unpaired) electrons. The van der Waals surface area contributed by atoms with E-state index in [1.54, 1.807) is 4.90 Å². The third-order valence-electron chi connectivity index (χ3n) is 4.00. The summed E-state index contributed by atoms with van der Waals surface area (Å²) in [7, 11) is 0. The molecule has 1 aliphatic heterocycles. The van der Waals surface area contributed by atoms with Crippen LogP contribution in [-0.2, 0) is 9.59 Å². The zero-order chi connectivity index (χ0) is 14.7. The molecular formula is C17H18N2O2. The van der Waals surface area contributed by atoms with Gasteiger partial charge in [-0.2, -0.15) is 0 Å². The topological polar surface area (TPSA) is 49.4 Å². The van der Waals surface area contributed by atoms with Crippen LogP contribution in [0.4, 0.5) is 5.69 Å². The highest BCUT2D eigenvalue weighted by Crippen LogP contribution is 2.21. The summed E-state index contributed by atoms with van der Waals surface area (Å²) in [4.78, 5) is 25.0. The Balaban J connectivity index is 1.77. The van der Waals surface area contributed by atoms with Crippen molar-refractivity contribution >= 4 is 28.8 Å². The Labute approximate surface area is 123 Å². The van der Waals surface area contributed by atoms with Gasteiger partial charge in [0.15, 0.2) is 0 Å². The lowest BCUT2D eigenvalue weighted by Crippen LogP contribution is -2.46. The first-order valence-electron chi connectivity index (χ1n) is 7.28. The van der Waals surface area contributed by atoms with E-state index in [-0.39, 0.29) is 11.9 Å². The average molecular weight is 282 g/mol. The van der Waals surface area contributed by atoms with E-state index < -0.39 is 0 Å². The Morgan fingerprint density at radius 1 is 1.14 bits per heavy atom. The zero-order valence-corrected chi connectivity index (χ0v) is 11.8. The van der Waals surface area contributed by atoms with Gasteiger partial charge in [0.25, 0.3) is 0 Å². The maximum atomic E-state index is 12.4. The summed E-state index contributed by atoms with van der Waals surface area (Å²) >= 11 is 0. The molecular weight excluding hydrogens is 264 g/mol. The van der Waals surface area contributed by atoms with E-state index in [1.807, 2.05) is 42.5 Å². The standard InChI is InChI=1S/C17H18N2O2/c20-12-19-10-4-3-7-16(19)17(21)18-15-9-8-13-5-1-2-6-14(13)11-15/h1-2,5-6,8-9,11-12,16H,3-4,7,10H2,(H,18,21)/t16-/m0/s1. The lowest BCUT2D eigenvalue weighted by Gasteiger charge is -2.31. The van der Waals surface area contributed by atoms with Crippen molar-refractivity contribution in [1.82, 2.24) is 4.90 Å². The fraction of sp³-hybridized carbons (Fsp3) is 0.294. The van der Waals surface area contributed by atoms with Gasteiger partial charge in [-0.3, -0.25) is 9.59 Å². The van der Waals surface area contributed by atoms with Gasteiger partial charge < -0.3 is 10.2 Å². The number of fused-ring (bicyclic) bond motifs is 1. The van der Waals surface area contributed by atoms with Gasteiger partial charge >= 0.3 is 0 Å². The number of hydrogen-bond acceptors (Lipinski definition) is 2. The summed E-state index contributed by atoms with van der Waals surface area (Å²) in [6.07, 6.45) is 3.47. The number of rotatable bonds is 3. The van der Waals surface area contributed by atoms with Crippen LogP contribution in [-0.4, -0.2) is 29.8 Å². The number of carbonyl (C=O) groups is 2. The Bertz CT molecular complexity index is 669. The largest absolute Gasteiger partial charge is 0.333 e. The summed E-state index contributed by atoms with van der Waals surface area (Å²) in [5.41, 5.74) is 0.773. The van der Waals surface area contributed by atoms with Crippen LogP contribution in [0.2, 0.25) is 0 Å². The number of hydrogen-bond donors (Lipinski definition) is 1. The van der Waals surface area contributed by atoms with Crippen molar-refractivity contribution in [2.24, 2.45) is 0 Å². The van der Waals surface area contributed by atoms with Crippen LogP contribution >= 0.6 is 0 Å². The summed E-state index contributed by atoms with van der Waals surface area (Å²) in [5, 5.41) is 5.16. The monoisotopic (exact) mass is 282 g/mol. The van der Waals surface area contributed by atoms with Crippen molar-refractivity contribution in [2.75, 3.05) is 11.9 Å². The number of likely N-dealkylation sites (tertiary alicyclic amines) is 1. The van der Waals surface area contributed by atoms with Crippen molar-refractivity contribution in [3.05, 3.63) is 42.5 Å². The van der Waals surface area contributed by atoms with Gasteiger partial charge in [0.05, 0.1) is 0 Å². The van der Waals surface area contributed by atoms with Gasteiger partial charge in [-0.25, -0.2) is 0 Å². The van der Waals surface area contributed by atoms with Gasteiger partial charge in [0.1, 0.15) is 6.04 Å². The zero-order valence-electron chi connectivity index (χ0n) is 11.8. The fourth-order valence-corrected chi connectivity index (χ4v) is 2.85. The van der Waals surface area contributed by atoms with Crippen LogP contribution in [0.25, 0.3) is 10.8 Å². The molecule has 1 fully saturated rings. The molecule has 1 heterocycles. The molecule has 0 unspecified atom stereocenters. The number of piperidine rings is 1. The van der Waals surface area contributed by atoms with Crippen molar-refractivity contribution in [1.29, 1.82) is 0 Å². The molecule has 2 aromatic rings. The van der Waals surface area contributed by atoms with E-state index in [9.17, 15) is 9.59 Å². The molecule has 1 saturated heterocycles. The maximum absolute atomic E-state index is 12.4. The minimum atomic E-state index is -0.345. The Morgan fingerprint density at radius 2 is 1.95 bits per heavy atom. The first-order valence-corrected chi connectivity index (χ1v) is 7.28. The molecule has 2 aromatic carbocycles. The molecule has 108 valence electrons. The van der Waals surface area contributed by atoms with Gasteiger partial charge in [0, 0.05) is 12.2 Å². The highest BCUT2D eigenvalue weighted by atomic mass is 16.2. The molecule has 1 aliphatic rings. The summed E-state index contributed by atoms with van der Waals surface area (Å²) < 4.78 is 0. The maximum Gasteiger partial charge on any atom is 0.247 e. The third-order valence-corrected chi connectivity index (χ3v) is 4.00. The summed E-state index contributed by atoms with van der Waals surface area (Å²) in [6, 6.07) is 13.5. The van der Waals surface area contributed by atoms with Crippen LogP contribution in [0.3, 0.4) is 0 Å². The minimum Gasteiger partial charge on any atom is -0.333 e. The smallest absolute Gasteiger partial charge is 0.247 e. The highest BCUT2D eigenvalue weighted by molar-refractivity contribution is 5.98. The molecule has 3 rings (SSSR count). The number of anilines is 1. The molecule has 21 heavy (non-hydrogen) atoms. The van der Waals surface area contributed by atoms with E-state index in [0.29, 0.717) is 6.54 Å². The average Bonchev–Trinajstić information content (AvgIpc) is 2.54. The normalized spacial score (nSPS) is 18.5. The molecule has 1 atom stereocenters. The molecule has 0 saturated carbocycles. The SMILES string of the molecule is O=CN1CCCC[C@H]1C(=O)Nc1ccc2ccccc2c1. The van der Waals surface area contributed by atoms with Crippen molar-refractivity contribution in [3.63, 3.8) is 0 Å². The van der Waals surface area contributed by atoms with Crippen LogP contribution < -0.4 is 5.32 Å². The van der Waals surface area contributed by atoms with Crippen LogP contribution in [0, 0.1) is 0 Å².